The minimum absolute atomic E-state index is 0.111. The molecule has 1 saturated carbocycles. The number of aliphatic hydroxyl groups excluding tert-OH is 1. The number of benzene rings is 1. The first kappa shape index (κ1) is 18.4. The van der Waals surface area contributed by atoms with Gasteiger partial charge < -0.3 is 14.7 Å². The Bertz CT molecular complexity index is 597. The first-order valence-electron chi connectivity index (χ1n) is 9.59. The molecule has 1 aliphatic carbocycles. The fraction of sp³-hybridized carbons (Fsp3) is 0.667. The van der Waals surface area contributed by atoms with E-state index in [1.54, 1.807) is 0 Å². The molecule has 4 heteroatoms. The molecule has 0 aromatic heterocycles. The van der Waals surface area contributed by atoms with Crippen LogP contribution in [0.2, 0.25) is 0 Å². The molecule has 1 N–H and O–H groups in total. The first-order chi connectivity index (χ1) is 11.9. The summed E-state index contributed by atoms with van der Waals surface area (Å²) in [5.41, 5.74) is 3.64. The Morgan fingerprint density at radius 3 is 2.44 bits per heavy atom. The minimum atomic E-state index is -0.267. The molecular formula is C21H31NO3. The number of nitrogens with zero attached hydrogens (tertiary/aromatic N) is 1. The molecule has 138 valence electrons. The van der Waals surface area contributed by atoms with E-state index in [9.17, 15) is 9.90 Å². The average Bonchev–Trinajstić information content (AvgIpc) is 2.59. The summed E-state index contributed by atoms with van der Waals surface area (Å²) in [6.45, 7) is 8.38. The number of piperidine rings is 1. The Balaban J connectivity index is 1.51. The molecule has 1 aliphatic heterocycles. The lowest BCUT2D eigenvalue weighted by molar-refractivity contribution is -0.210. The van der Waals surface area contributed by atoms with Crippen LogP contribution >= 0.6 is 0 Å². The molecule has 2 aliphatic rings. The van der Waals surface area contributed by atoms with Crippen LogP contribution in [0.4, 0.5) is 0 Å². The third kappa shape index (κ3) is 3.75. The fourth-order valence-corrected chi connectivity index (χ4v) is 4.61. The molecule has 1 heterocycles. The Hall–Kier alpha value is -1.39. The number of hydrogen-bond donors (Lipinski definition) is 1. The van der Waals surface area contributed by atoms with E-state index in [4.69, 9.17) is 4.74 Å². The van der Waals surface area contributed by atoms with Crippen molar-refractivity contribution in [3.63, 3.8) is 0 Å². The maximum atomic E-state index is 12.6. The van der Waals surface area contributed by atoms with Gasteiger partial charge in [0, 0.05) is 38.0 Å². The first-order valence-corrected chi connectivity index (χ1v) is 9.59. The molecule has 2 unspecified atom stereocenters. The van der Waals surface area contributed by atoms with Crippen molar-refractivity contribution in [2.75, 3.05) is 19.7 Å². The zero-order chi connectivity index (χ0) is 18.0. The molecule has 25 heavy (non-hydrogen) atoms. The van der Waals surface area contributed by atoms with E-state index in [1.807, 2.05) is 11.8 Å². The molecule has 1 amide bonds. The Morgan fingerprint density at radius 2 is 1.88 bits per heavy atom. The lowest BCUT2D eigenvalue weighted by atomic mass is 9.58. The highest BCUT2D eigenvalue weighted by molar-refractivity contribution is 5.76. The number of ether oxygens (including phenoxy) is 1. The molecule has 0 radical (unpaired) electrons. The van der Waals surface area contributed by atoms with E-state index in [1.165, 1.54) is 16.7 Å². The van der Waals surface area contributed by atoms with Crippen molar-refractivity contribution in [1.29, 1.82) is 0 Å². The van der Waals surface area contributed by atoms with E-state index >= 15 is 0 Å². The number of carbonyl (C=O) groups excluding carboxylic acids is 1. The number of amides is 1. The Labute approximate surface area is 151 Å². The summed E-state index contributed by atoms with van der Waals surface area (Å²) in [6.07, 6.45) is 3.72. The predicted octanol–water partition coefficient (Wildman–Crippen LogP) is 3.01. The van der Waals surface area contributed by atoms with Gasteiger partial charge in [-0.05, 0) is 45.6 Å². The van der Waals surface area contributed by atoms with E-state index in [-0.39, 0.29) is 23.5 Å². The second kappa shape index (κ2) is 7.46. The van der Waals surface area contributed by atoms with Crippen LogP contribution < -0.4 is 0 Å². The lowest BCUT2D eigenvalue weighted by Gasteiger charge is -2.56. The number of rotatable bonds is 5. The molecule has 1 aromatic rings. The molecule has 4 nitrogen and oxygen atoms in total. The van der Waals surface area contributed by atoms with Crippen LogP contribution in [0.25, 0.3) is 0 Å². The SMILES string of the molecule is CCOC1CC(O)C12CCN(C(=O)CCc1cc(C)cc(C)c1)CC2. The van der Waals surface area contributed by atoms with Gasteiger partial charge >= 0.3 is 0 Å². The van der Waals surface area contributed by atoms with Crippen molar-refractivity contribution in [3.8, 4) is 0 Å². The summed E-state index contributed by atoms with van der Waals surface area (Å²) < 4.78 is 5.80. The van der Waals surface area contributed by atoms with Gasteiger partial charge in [-0.15, -0.1) is 0 Å². The van der Waals surface area contributed by atoms with Crippen molar-refractivity contribution in [2.24, 2.45) is 5.41 Å². The third-order valence-corrected chi connectivity index (χ3v) is 6.07. The topological polar surface area (TPSA) is 49.8 Å². The van der Waals surface area contributed by atoms with Crippen molar-refractivity contribution < 1.29 is 14.6 Å². The molecule has 1 spiro atoms. The standard InChI is InChI=1S/C21H31NO3/c1-4-25-19-14-18(23)21(19)7-9-22(10-8-21)20(24)6-5-17-12-15(2)11-16(3)13-17/h11-13,18-19,23H,4-10,14H2,1-3H3. The monoisotopic (exact) mass is 345 g/mol. The van der Waals surface area contributed by atoms with Gasteiger partial charge in [0.2, 0.25) is 5.91 Å². The highest BCUT2D eigenvalue weighted by Crippen LogP contribution is 2.50. The lowest BCUT2D eigenvalue weighted by Crippen LogP contribution is -2.62. The van der Waals surface area contributed by atoms with E-state index in [0.29, 0.717) is 13.0 Å². The van der Waals surface area contributed by atoms with Crippen LogP contribution in [0.3, 0.4) is 0 Å². The van der Waals surface area contributed by atoms with Crippen LogP contribution in [0, 0.1) is 19.3 Å². The average molecular weight is 345 g/mol. The molecule has 0 bridgehead atoms. The highest BCUT2D eigenvalue weighted by atomic mass is 16.5. The number of carbonyl (C=O) groups is 1. The third-order valence-electron chi connectivity index (χ3n) is 6.07. The van der Waals surface area contributed by atoms with Gasteiger partial charge in [0.1, 0.15) is 0 Å². The summed E-state index contributed by atoms with van der Waals surface area (Å²) in [5, 5.41) is 10.3. The van der Waals surface area contributed by atoms with Crippen LogP contribution in [-0.2, 0) is 16.0 Å². The quantitative estimate of drug-likeness (QED) is 0.892. The smallest absolute Gasteiger partial charge is 0.222 e. The number of hydrogen-bond acceptors (Lipinski definition) is 3. The molecule has 3 rings (SSSR count). The second-order valence-electron chi connectivity index (χ2n) is 7.81. The molecule has 1 aromatic carbocycles. The summed E-state index contributed by atoms with van der Waals surface area (Å²) in [7, 11) is 0. The highest BCUT2D eigenvalue weighted by Gasteiger charge is 2.56. The van der Waals surface area contributed by atoms with E-state index in [2.05, 4.69) is 32.0 Å². The Kier molecular flexibility index (Phi) is 5.49. The van der Waals surface area contributed by atoms with Gasteiger partial charge in [-0.1, -0.05) is 29.3 Å². The fourth-order valence-electron chi connectivity index (χ4n) is 4.61. The molecule has 2 fully saturated rings. The zero-order valence-electron chi connectivity index (χ0n) is 15.8. The minimum Gasteiger partial charge on any atom is -0.392 e. The van der Waals surface area contributed by atoms with Crippen molar-refractivity contribution >= 4 is 5.91 Å². The van der Waals surface area contributed by atoms with Gasteiger partial charge in [0.15, 0.2) is 0 Å². The summed E-state index contributed by atoms with van der Waals surface area (Å²) >= 11 is 0. The van der Waals surface area contributed by atoms with Gasteiger partial charge in [-0.25, -0.2) is 0 Å². The number of likely N-dealkylation sites (tertiary alicyclic amines) is 1. The van der Waals surface area contributed by atoms with Gasteiger partial charge in [-0.2, -0.15) is 0 Å². The molecule has 2 atom stereocenters. The van der Waals surface area contributed by atoms with Crippen LogP contribution in [0.15, 0.2) is 18.2 Å². The second-order valence-corrected chi connectivity index (χ2v) is 7.81. The largest absolute Gasteiger partial charge is 0.392 e. The number of aliphatic hydroxyl groups is 1. The van der Waals surface area contributed by atoms with Crippen LogP contribution in [0.1, 0.15) is 49.3 Å². The van der Waals surface area contributed by atoms with Crippen molar-refractivity contribution in [1.82, 2.24) is 4.90 Å². The van der Waals surface area contributed by atoms with Gasteiger partial charge in [-0.3, -0.25) is 4.79 Å². The molecular weight excluding hydrogens is 314 g/mol. The van der Waals surface area contributed by atoms with Crippen molar-refractivity contribution in [3.05, 3.63) is 34.9 Å². The maximum Gasteiger partial charge on any atom is 0.222 e. The molecule has 1 saturated heterocycles. The predicted molar refractivity (Wildman–Crippen MR) is 98.5 cm³/mol. The van der Waals surface area contributed by atoms with Gasteiger partial charge in [0.05, 0.1) is 12.2 Å². The maximum absolute atomic E-state index is 12.6. The van der Waals surface area contributed by atoms with E-state index < -0.39 is 0 Å². The van der Waals surface area contributed by atoms with Crippen LogP contribution in [-0.4, -0.2) is 47.8 Å². The van der Waals surface area contributed by atoms with E-state index in [0.717, 1.165) is 38.8 Å². The summed E-state index contributed by atoms with van der Waals surface area (Å²) in [5.74, 6) is 0.232. The van der Waals surface area contributed by atoms with Gasteiger partial charge in [0.25, 0.3) is 0 Å². The summed E-state index contributed by atoms with van der Waals surface area (Å²) in [4.78, 5) is 14.6. The summed E-state index contributed by atoms with van der Waals surface area (Å²) in [6, 6.07) is 6.50. The number of aryl methyl sites for hydroxylation is 3. The Morgan fingerprint density at radius 1 is 1.24 bits per heavy atom. The van der Waals surface area contributed by atoms with Crippen molar-refractivity contribution in [2.45, 2.75) is 65.1 Å². The normalized spacial score (nSPS) is 25.0. The zero-order valence-corrected chi connectivity index (χ0v) is 15.8. The van der Waals surface area contributed by atoms with Crippen LogP contribution in [0.5, 0.6) is 0 Å².